The summed E-state index contributed by atoms with van der Waals surface area (Å²) in [6, 6.07) is 17.2. The first-order valence-electron chi connectivity index (χ1n) is 9.83. The van der Waals surface area contributed by atoms with Crippen LogP contribution in [0.1, 0.15) is 10.4 Å². The van der Waals surface area contributed by atoms with Gasteiger partial charge in [-0.3, -0.25) is 10.1 Å². The molecule has 8 nitrogen and oxygen atoms in total. The number of pyridine rings is 1. The first kappa shape index (κ1) is 23.2. The largest absolute Gasteiger partial charge is 0.448 e. The van der Waals surface area contributed by atoms with Crippen LogP contribution in [0.25, 0.3) is 11.1 Å². The predicted octanol–water partition coefficient (Wildman–Crippen LogP) is 4.03. The van der Waals surface area contributed by atoms with Gasteiger partial charge in [0.05, 0.1) is 5.69 Å². The molecule has 0 bridgehead atoms. The summed E-state index contributed by atoms with van der Waals surface area (Å²) in [4.78, 5) is 30.6. The number of aromatic nitrogens is 1. The molecule has 0 saturated carbocycles. The van der Waals surface area contributed by atoms with Crippen molar-refractivity contribution in [3.05, 3.63) is 77.6 Å². The molecular formula is C23H24ClN5O3. The van der Waals surface area contributed by atoms with Gasteiger partial charge in [0, 0.05) is 29.6 Å². The van der Waals surface area contributed by atoms with Crippen LogP contribution in [0, 0.1) is 0 Å². The Balaban J connectivity index is 1.65. The average molecular weight is 454 g/mol. The zero-order valence-corrected chi connectivity index (χ0v) is 18.5. The third kappa shape index (κ3) is 6.27. The van der Waals surface area contributed by atoms with Crippen LogP contribution < -0.4 is 16.2 Å². The highest BCUT2D eigenvalue weighted by atomic mass is 35.5. The minimum absolute atomic E-state index is 0.280. The number of anilines is 2. The van der Waals surface area contributed by atoms with Crippen LogP contribution in [0.15, 0.2) is 66.9 Å². The molecular weight excluding hydrogens is 430 g/mol. The molecule has 3 N–H and O–H groups in total. The van der Waals surface area contributed by atoms with E-state index in [2.05, 4.69) is 10.3 Å². The van der Waals surface area contributed by atoms with Crippen molar-refractivity contribution in [1.29, 1.82) is 0 Å². The molecule has 0 saturated heterocycles. The topological polar surface area (TPSA) is 101 Å². The monoisotopic (exact) mass is 453 g/mol. The Labute approximate surface area is 191 Å². The number of hydrogen-bond acceptors (Lipinski definition) is 6. The van der Waals surface area contributed by atoms with Crippen LogP contribution in [0.5, 0.6) is 0 Å². The van der Waals surface area contributed by atoms with Crippen LogP contribution in [0.2, 0.25) is 5.15 Å². The minimum Gasteiger partial charge on any atom is -0.448 e. The van der Waals surface area contributed by atoms with Gasteiger partial charge in [0.25, 0.3) is 5.91 Å². The Bertz CT molecular complexity index is 1070. The van der Waals surface area contributed by atoms with E-state index in [1.807, 2.05) is 31.1 Å². The fourth-order valence-corrected chi connectivity index (χ4v) is 2.92. The lowest BCUT2D eigenvalue weighted by Crippen LogP contribution is -2.37. The van der Waals surface area contributed by atoms with Crippen molar-refractivity contribution in [3.63, 3.8) is 0 Å². The zero-order valence-electron chi connectivity index (χ0n) is 17.8. The summed E-state index contributed by atoms with van der Waals surface area (Å²) in [5.41, 5.74) is 3.11. The van der Waals surface area contributed by atoms with Crippen molar-refractivity contribution in [2.45, 2.75) is 0 Å². The van der Waals surface area contributed by atoms with Gasteiger partial charge in [-0.25, -0.2) is 20.6 Å². The Morgan fingerprint density at radius 2 is 1.81 bits per heavy atom. The van der Waals surface area contributed by atoms with Crippen molar-refractivity contribution < 1.29 is 14.3 Å². The number of benzene rings is 2. The Kier molecular flexibility index (Phi) is 7.77. The van der Waals surface area contributed by atoms with Crippen LogP contribution in [-0.2, 0) is 4.74 Å². The number of halogens is 1. The molecule has 1 heterocycles. The third-order valence-electron chi connectivity index (χ3n) is 4.55. The lowest BCUT2D eigenvalue weighted by Gasteiger charge is -2.18. The maximum Gasteiger partial charge on any atom is 0.411 e. The van der Waals surface area contributed by atoms with Gasteiger partial charge in [-0.2, -0.15) is 0 Å². The summed E-state index contributed by atoms with van der Waals surface area (Å²) in [6.45, 7) is 0.908. The number of rotatable bonds is 7. The van der Waals surface area contributed by atoms with E-state index < -0.39 is 12.0 Å². The van der Waals surface area contributed by atoms with E-state index in [0.29, 0.717) is 28.6 Å². The van der Waals surface area contributed by atoms with E-state index in [1.54, 1.807) is 54.7 Å². The molecule has 0 aliphatic heterocycles. The maximum atomic E-state index is 12.8. The molecule has 32 heavy (non-hydrogen) atoms. The van der Waals surface area contributed by atoms with Crippen molar-refractivity contribution in [3.8, 4) is 11.1 Å². The lowest BCUT2D eigenvalue weighted by atomic mass is 10.1. The first-order valence-corrected chi connectivity index (χ1v) is 10.2. The summed E-state index contributed by atoms with van der Waals surface area (Å²) in [6.07, 6.45) is 1.10. The Hall–Kier alpha value is -3.46. The van der Waals surface area contributed by atoms with E-state index in [-0.39, 0.29) is 6.61 Å². The van der Waals surface area contributed by atoms with Crippen molar-refractivity contribution >= 4 is 35.0 Å². The number of nitrogens with zero attached hydrogens (tertiary/aromatic N) is 3. The second-order valence-corrected chi connectivity index (χ2v) is 7.62. The van der Waals surface area contributed by atoms with Crippen molar-refractivity contribution in [2.24, 2.45) is 5.84 Å². The second-order valence-electron chi connectivity index (χ2n) is 7.24. The molecule has 3 rings (SSSR count). The van der Waals surface area contributed by atoms with E-state index in [1.165, 1.54) is 0 Å². The van der Waals surface area contributed by atoms with Crippen LogP contribution in [0.4, 0.5) is 16.2 Å². The molecule has 0 fully saturated rings. The van der Waals surface area contributed by atoms with Crippen molar-refractivity contribution in [2.75, 3.05) is 37.6 Å². The maximum absolute atomic E-state index is 12.8. The molecule has 0 radical (unpaired) electrons. The highest BCUT2D eigenvalue weighted by Crippen LogP contribution is 2.25. The molecule has 2 aromatic carbocycles. The van der Waals surface area contributed by atoms with Gasteiger partial charge in [-0.05, 0) is 68.2 Å². The first-order chi connectivity index (χ1) is 15.3. The lowest BCUT2D eigenvalue weighted by molar-refractivity contribution is 0.0987. The summed E-state index contributed by atoms with van der Waals surface area (Å²) < 4.78 is 5.09. The van der Waals surface area contributed by atoms with Gasteiger partial charge < -0.3 is 9.64 Å². The van der Waals surface area contributed by atoms with Gasteiger partial charge in [-0.15, -0.1) is 0 Å². The van der Waals surface area contributed by atoms with Gasteiger partial charge >= 0.3 is 6.09 Å². The summed E-state index contributed by atoms with van der Waals surface area (Å²) in [5, 5.41) is 4.10. The number of amides is 2. The molecule has 0 atom stereocenters. The molecule has 9 heteroatoms. The van der Waals surface area contributed by atoms with Crippen LogP contribution >= 0.6 is 11.6 Å². The molecule has 0 aliphatic carbocycles. The van der Waals surface area contributed by atoms with Crippen molar-refractivity contribution in [1.82, 2.24) is 9.88 Å². The van der Waals surface area contributed by atoms with Gasteiger partial charge in [0.1, 0.15) is 11.8 Å². The average Bonchev–Trinajstić information content (AvgIpc) is 2.79. The molecule has 166 valence electrons. The SMILES string of the molecule is CN(C)CCOC(=O)Nc1ccc(C(=O)N(N)c2cccc(-c3ccc(Cl)nc3)c2)cc1. The normalized spacial score (nSPS) is 10.7. The number of carbonyl (C=O) groups excluding carboxylic acids is 2. The summed E-state index contributed by atoms with van der Waals surface area (Å²) in [5.74, 6) is 5.70. The summed E-state index contributed by atoms with van der Waals surface area (Å²) in [7, 11) is 3.78. The molecule has 3 aromatic rings. The fourth-order valence-electron chi connectivity index (χ4n) is 2.81. The molecule has 1 aromatic heterocycles. The van der Waals surface area contributed by atoms with Crippen LogP contribution in [0.3, 0.4) is 0 Å². The highest BCUT2D eigenvalue weighted by Gasteiger charge is 2.15. The number of nitrogens with one attached hydrogen (secondary N) is 1. The number of hydrogen-bond donors (Lipinski definition) is 2. The minimum atomic E-state index is -0.556. The summed E-state index contributed by atoms with van der Waals surface area (Å²) >= 11 is 5.85. The van der Waals surface area contributed by atoms with Crippen LogP contribution in [-0.4, -0.2) is 49.1 Å². The predicted molar refractivity (Wildman–Crippen MR) is 126 cm³/mol. The second kappa shape index (κ2) is 10.7. The number of nitrogens with two attached hydrogens (primary N) is 1. The Morgan fingerprint density at radius 3 is 2.47 bits per heavy atom. The molecule has 0 spiro atoms. The fraction of sp³-hybridized carbons (Fsp3) is 0.174. The zero-order chi connectivity index (χ0) is 23.1. The molecule has 0 unspecified atom stereocenters. The van der Waals surface area contributed by atoms with E-state index in [4.69, 9.17) is 22.2 Å². The third-order valence-corrected chi connectivity index (χ3v) is 4.78. The smallest absolute Gasteiger partial charge is 0.411 e. The number of ether oxygens (including phenoxy) is 1. The highest BCUT2D eigenvalue weighted by molar-refractivity contribution is 6.29. The van der Waals surface area contributed by atoms with E-state index >= 15 is 0 Å². The number of hydrazine groups is 1. The van der Waals surface area contributed by atoms with E-state index in [9.17, 15) is 9.59 Å². The number of carbonyl (C=O) groups is 2. The molecule has 2 amide bonds. The quantitative estimate of drug-likeness (QED) is 0.242. The standard InChI is InChI=1S/C23H24ClN5O3/c1-28(2)12-13-32-23(31)27-19-9-6-16(7-10-19)22(30)29(25)20-5-3-4-17(14-20)18-8-11-21(24)26-15-18/h3-11,14-15H,12-13,25H2,1-2H3,(H,27,31). The van der Waals surface area contributed by atoms with E-state index in [0.717, 1.165) is 16.1 Å². The number of likely N-dealkylation sites (N-methyl/N-ethyl adjacent to an activating group) is 1. The van der Waals surface area contributed by atoms with Gasteiger partial charge in [0.15, 0.2) is 0 Å². The Morgan fingerprint density at radius 1 is 1.06 bits per heavy atom. The van der Waals surface area contributed by atoms with Gasteiger partial charge in [0.2, 0.25) is 0 Å². The molecule has 0 aliphatic rings. The van der Waals surface area contributed by atoms with Gasteiger partial charge in [-0.1, -0.05) is 23.7 Å².